The maximum Gasteiger partial charge on any atom is 0.255 e. The van der Waals surface area contributed by atoms with Gasteiger partial charge < -0.3 is 11.1 Å². The molecule has 0 aliphatic carbocycles. The molecule has 2 aromatic carbocycles. The number of hydrogen-bond donors (Lipinski definition) is 2. The third kappa shape index (κ3) is 3.99. The number of alkyl halides is 1. The molecule has 116 valence electrons. The zero-order chi connectivity index (χ0) is 16.2. The topological polar surface area (TPSA) is 89.3 Å². The molecule has 0 atom stereocenters. The summed E-state index contributed by atoms with van der Waals surface area (Å²) in [5.41, 5.74) is 6.96. The van der Waals surface area contributed by atoms with E-state index in [0.717, 1.165) is 0 Å². The number of benzene rings is 2. The third-order valence-corrected chi connectivity index (χ3v) is 5.10. The summed E-state index contributed by atoms with van der Waals surface area (Å²) in [4.78, 5) is 12.2. The Kier molecular flexibility index (Phi) is 5.05. The van der Waals surface area contributed by atoms with Crippen LogP contribution in [0.4, 0.5) is 11.4 Å². The molecule has 0 bridgehead atoms. The summed E-state index contributed by atoms with van der Waals surface area (Å²) < 4.78 is 23.9. The van der Waals surface area contributed by atoms with E-state index in [1.807, 2.05) is 0 Å². The van der Waals surface area contributed by atoms with Gasteiger partial charge >= 0.3 is 0 Å². The molecule has 0 fully saturated rings. The fourth-order valence-corrected chi connectivity index (χ4v) is 3.47. The lowest BCUT2D eigenvalue weighted by atomic mass is 10.2. The van der Waals surface area contributed by atoms with E-state index in [4.69, 9.17) is 17.3 Å². The van der Waals surface area contributed by atoms with Crippen molar-refractivity contribution in [2.75, 3.05) is 22.7 Å². The lowest BCUT2D eigenvalue weighted by Gasteiger charge is -2.08. The Morgan fingerprint density at radius 3 is 2.45 bits per heavy atom. The van der Waals surface area contributed by atoms with Crippen molar-refractivity contribution in [3.8, 4) is 0 Å². The molecule has 0 saturated heterocycles. The molecule has 0 unspecified atom stereocenters. The van der Waals surface area contributed by atoms with Crippen molar-refractivity contribution in [3.63, 3.8) is 0 Å². The Morgan fingerprint density at radius 1 is 1.14 bits per heavy atom. The number of carbonyl (C=O) groups excluding carboxylic acids is 1. The molecule has 0 saturated carbocycles. The highest BCUT2D eigenvalue weighted by atomic mass is 35.5. The molecule has 22 heavy (non-hydrogen) atoms. The minimum atomic E-state index is -3.44. The number of nitrogen functional groups attached to an aromatic ring is 1. The summed E-state index contributed by atoms with van der Waals surface area (Å²) >= 11 is 5.49. The molecule has 3 N–H and O–H groups in total. The average molecular weight is 339 g/mol. The molecule has 2 rings (SSSR count). The van der Waals surface area contributed by atoms with Gasteiger partial charge in [0.2, 0.25) is 0 Å². The molecule has 0 spiro atoms. The Balaban J connectivity index is 2.20. The Morgan fingerprint density at radius 2 is 1.82 bits per heavy atom. The van der Waals surface area contributed by atoms with Crippen LogP contribution < -0.4 is 11.1 Å². The van der Waals surface area contributed by atoms with Crippen molar-refractivity contribution in [1.29, 1.82) is 0 Å². The SMILES string of the molecule is Nc1ccc(C(=O)Nc2cccc(S(=O)(=O)CCCl)c2)cc1. The third-order valence-electron chi connectivity index (χ3n) is 2.97. The first-order valence-electron chi connectivity index (χ1n) is 6.48. The van der Waals surface area contributed by atoms with Gasteiger partial charge in [-0.15, -0.1) is 11.6 Å². The number of hydrogen-bond acceptors (Lipinski definition) is 4. The number of amides is 1. The normalized spacial score (nSPS) is 11.1. The lowest BCUT2D eigenvalue weighted by Crippen LogP contribution is -2.13. The lowest BCUT2D eigenvalue weighted by molar-refractivity contribution is 0.102. The minimum Gasteiger partial charge on any atom is -0.399 e. The zero-order valence-corrected chi connectivity index (χ0v) is 13.2. The number of rotatable bonds is 5. The second-order valence-electron chi connectivity index (χ2n) is 4.61. The molecular weight excluding hydrogens is 324 g/mol. The molecule has 0 radical (unpaired) electrons. The molecule has 0 heterocycles. The van der Waals surface area contributed by atoms with Gasteiger partial charge in [0.25, 0.3) is 5.91 Å². The van der Waals surface area contributed by atoms with Gasteiger partial charge in [0, 0.05) is 22.8 Å². The summed E-state index contributed by atoms with van der Waals surface area (Å²) in [5.74, 6) is -0.472. The number of nitrogens with two attached hydrogens (primary N) is 1. The van der Waals surface area contributed by atoms with Gasteiger partial charge in [-0.05, 0) is 42.5 Å². The Bertz CT molecular complexity index is 774. The van der Waals surface area contributed by atoms with E-state index in [-0.39, 0.29) is 22.4 Å². The van der Waals surface area contributed by atoms with Crippen molar-refractivity contribution in [1.82, 2.24) is 0 Å². The van der Waals surface area contributed by atoms with E-state index in [9.17, 15) is 13.2 Å². The van der Waals surface area contributed by atoms with Crippen molar-refractivity contribution < 1.29 is 13.2 Å². The number of carbonyl (C=O) groups is 1. The van der Waals surface area contributed by atoms with Gasteiger partial charge in [-0.25, -0.2) is 8.42 Å². The first-order valence-corrected chi connectivity index (χ1v) is 8.67. The fraction of sp³-hybridized carbons (Fsp3) is 0.133. The monoisotopic (exact) mass is 338 g/mol. The molecule has 7 heteroatoms. The van der Waals surface area contributed by atoms with E-state index < -0.39 is 9.84 Å². The van der Waals surface area contributed by atoms with Gasteiger partial charge in [0.05, 0.1) is 10.6 Å². The van der Waals surface area contributed by atoms with E-state index in [0.29, 0.717) is 16.9 Å². The van der Waals surface area contributed by atoms with E-state index in [2.05, 4.69) is 5.32 Å². The maximum atomic E-state index is 12.1. The fourth-order valence-electron chi connectivity index (χ4n) is 1.82. The van der Waals surface area contributed by atoms with Crippen molar-refractivity contribution in [2.45, 2.75) is 4.90 Å². The Hall–Kier alpha value is -2.05. The van der Waals surface area contributed by atoms with Crippen LogP contribution in [-0.4, -0.2) is 26.0 Å². The molecule has 5 nitrogen and oxygen atoms in total. The molecule has 2 aromatic rings. The van der Waals surface area contributed by atoms with E-state index in [1.165, 1.54) is 12.1 Å². The maximum absolute atomic E-state index is 12.1. The van der Waals surface area contributed by atoms with Crippen LogP contribution >= 0.6 is 11.6 Å². The van der Waals surface area contributed by atoms with Crippen LogP contribution in [0.15, 0.2) is 53.4 Å². The van der Waals surface area contributed by atoms with Crippen LogP contribution in [0.3, 0.4) is 0 Å². The van der Waals surface area contributed by atoms with Crippen molar-refractivity contribution >= 4 is 38.7 Å². The first-order chi connectivity index (χ1) is 10.4. The predicted molar refractivity (Wildman–Crippen MR) is 88.0 cm³/mol. The quantitative estimate of drug-likeness (QED) is 0.647. The van der Waals surface area contributed by atoms with Crippen molar-refractivity contribution in [3.05, 3.63) is 54.1 Å². The molecule has 1 amide bonds. The van der Waals surface area contributed by atoms with Crippen LogP contribution in [0.25, 0.3) is 0 Å². The highest BCUT2D eigenvalue weighted by Crippen LogP contribution is 2.18. The highest BCUT2D eigenvalue weighted by molar-refractivity contribution is 7.91. The number of anilines is 2. The smallest absolute Gasteiger partial charge is 0.255 e. The predicted octanol–water partition coefficient (Wildman–Crippen LogP) is 2.53. The average Bonchev–Trinajstić information content (AvgIpc) is 2.48. The van der Waals surface area contributed by atoms with Gasteiger partial charge in [0.15, 0.2) is 9.84 Å². The second kappa shape index (κ2) is 6.81. The number of nitrogens with one attached hydrogen (secondary N) is 1. The van der Waals surface area contributed by atoms with Gasteiger partial charge in [-0.3, -0.25) is 4.79 Å². The Labute approximate surface area is 134 Å². The second-order valence-corrected chi connectivity index (χ2v) is 7.10. The highest BCUT2D eigenvalue weighted by Gasteiger charge is 2.14. The number of sulfone groups is 1. The molecule has 0 aliphatic rings. The van der Waals surface area contributed by atoms with Crippen LogP contribution in [0, 0.1) is 0 Å². The standard InChI is InChI=1S/C15H15ClN2O3S/c16-8-9-22(20,21)14-3-1-2-13(10-14)18-15(19)11-4-6-12(17)7-5-11/h1-7,10H,8-9,17H2,(H,18,19). The van der Waals surface area contributed by atoms with E-state index in [1.54, 1.807) is 36.4 Å². The molecule has 0 aromatic heterocycles. The molecule has 0 aliphatic heterocycles. The largest absolute Gasteiger partial charge is 0.399 e. The summed E-state index contributed by atoms with van der Waals surface area (Å²) in [7, 11) is -3.44. The van der Waals surface area contributed by atoms with Crippen LogP contribution in [-0.2, 0) is 9.84 Å². The molecular formula is C15H15ClN2O3S. The van der Waals surface area contributed by atoms with E-state index >= 15 is 0 Å². The summed E-state index contributed by atoms with van der Waals surface area (Å²) in [6, 6.07) is 12.5. The zero-order valence-electron chi connectivity index (χ0n) is 11.6. The minimum absolute atomic E-state index is 0.0182. The van der Waals surface area contributed by atoms with Crippen LogP contribution in [0.1, 0.15) is 10.4 Å². The van der Waals surface area contributed by atoms with Gasteiger partial charge in [-0.2, -0.15) is 0 Å². The summed E-state index contributed by atoms with van der Waals surface area (Å²) in [6.07, 6.45) is 0. The van der Waals surface area contributed by atoms with Crippen LogP contribution in [0.5, 0.6) is 0 Å². The van der Waals surface area contributed by atoms with Crippen molar-refractivity contribution in [2.24, 2.45) is 0 Å². The summed E-state index contributed by atoms with van der Waals surface area (Å²) in [6.45, 7) is 0. The first kappa shape index (κ1) is 16.3. The van der Waals surface area contributed by atoms with Gasteiger partial charge in [0.1, 0.15) is 0 Å². The summed E-state index contributed by atoms with van der Waals surface area (Å²) in [5, 5.41) is 2.66. The van der Waals surface area contributed by atoms with Crippen LogP contribution in [0.2, 0.25) is 0 Å². The number of halogens is 1. The van der Waals surface area contributed by atoms with Gasteiger partial charge in [-0.1, -0.05) is 6.07 Å².